The van der Waals surface area contributed by atoms with Gasteiger partial charge in [0.05, 0.1) is 11.4 Å². The first kappa shape index (κ1) is 12.0. The van der Waals surface area contributed by atoms with Crippen LogP contribution in [0.4, 0.5) is 11.4 Å². The van der Waals surface area contributed by atoms with Gasteiger partial charge in [0.15, 0.2) is 0 Å². The average molecular weight is 265 g/mol. The summed E-state index contributed by atoms with van der Waals surface area (Å²) in [5, 5.41) is 18.2. The molecular formula is C14H11N5O. The minimum absolute atomic E-state index is 0.420. The van der Waals surface area contributed by atoms with Crippen molar-refractivity contribution in [1.82, 2.24) is 15.4 Å². The van der Waals surface area contributed by atoms with E-state index in [-0.39, 0.29) is 0 Å². The molecule has 0 atom stereocenters. The molecule has 0 fully saturated rings. The van der Waals surface area contributed by atoms with Crippen molar-refractivity contribution in [2.24, 2.45) is 10.2 Å². The number of hydrogen-bond donors (Lipinski definition) is 1. The molecule has 0 spiro atoms. The van der Waals surface area contributed by atoms with Crippen molar-refractivity contribution in [2.45, 2.75) is 0 Å². The van der Waals surface area contributed by atoms with Gasteiger partial charge in [-0.2, -0.15) is 20.5 Å². The van der Waals surface area contributed by atoms with Gasteiger partial charge in [0.1, 0.15) is 11.9 Å². The summed E-state index contributed by atoms with van der Waals surface area (Å²) in [5.41, 5.74) is 1.57. The van der Waals surface area contributed by atoms with E-state index in [2.05, 4.69) is 25.6 Å². The summed E-state index contributed by atoms with van der Waals surface area (Å²) in [6, 6.07) is 16.8. The maximum absolute atomic E-state index is 5.46. The zero-order valence-corrected chi connectivity index (χ0v) is 10.5. The Morgan fingerprint density at radius 1 is 0.850 bits per heavy atom. The third kappa shape index (κ3) is 3.05. The summed E-state index contributed by atoms with van der Waals surface area (Å²) in [7, 11) is 0. The summed E-state index contributed by atoms with van der Waals surface area (Å²) >= 11 is 0. The first-order valence-corrected chi connectivity index (χ1v) is 6.01. The van der Waals surface area contributed by atoms with Crippen LogP contribution in [-0.2, 0) is 0 Å². The Morgan fingerprint density at radius 3 is 2.20 bits per heavy atom. The largest absolute Gasteiger partial charge is 0.436 e. The van der Waals surface area contributed by atoms with Gasteiger partial charge in [0.2, 0.25) is 0 Å². The number of aromatic amines is 1. The predicted molar refractivity (Wildman–Crippen MR) is 73.5 cm³/mol. The summed E-state index contributed by atoms with van der Waals surface area (Å²) in [6.45, 7) is 0. The van der Waals surface area contributed by atoms with E-state index < -0.39 is 0 Å². The number of aromatic nitrogens is 3. The van der Waals surface area contributed by atoms with E-state index in [9.17, 15) is 0 Å². The lowest BCUT2D eigenvalue weighted by Gasteiger charge is -2.00. The number of H-pyrrole nitrogens is 1. The normalized spacial score (nSPS) is 10.8. The van der Waals surface area contributed by atoms with E-state index in [1.165, 1.54) is 6.20 Å². The van der Waals surface area contributed by atoms with Gasteiger partial charge in [-0.1, -0.05) is 18.2 Å². The molecule has 0 aliphatic rings. The molecule has 0 radical (unpaired) electrons. The van der Waals surface area contributed by atoms with E-state index in [1.54, 1.807) is 12.1 Å². The lowest BCUT2D eigenvalue weighted by atomic mass is 10.3. The first-order chi connectivity index (χ1) is 9.90. The molecule has 0 saturated heterocycles. The molecule has 2 aromatic carbocycles. The average Bonchev–Trinajstić information content (AvgIpc) is 3.01. The van der Waals surface area contributed by atoms with Crippen molar-refractivity contribution in [3.8, 4) is 11.6 Å². The number of hydrogen-bond acceptors (Lipinski definition) is 5. The Labute approximate surface area is 115 Å². The topological polar surface area (TPSA) is 75.5 Å². The summed E-state index contributed by atoms with van der Waals surface area (Å²) < 4.78 is 5.46. The van der Waals surface area contributed by atoms with Gasteiger partial charge < -0.3 is 4.74 Å². The molecule has 6 nitrogen and oxygen atoms in total. The van der Waals surface area contributed by atoms with E-state index in [4.69, 9.17) is 4.74 Å². The molecule has 3 aromatic rings. The molecule has 20 heavy (non-hydrogen) atoms. The fourth-order valence-electron chi connectivity index (χ4n) is 1.55. The molecular weight excluding hydrogens is 254 g/mol. The third-order valence-electron chi connectivity index (χ3n) is 2.49. The van der Waals surface area contributed by atoms with Crippen molar-refractivity contribution in [3.05, 3.63) is 60.8 Å². The van der Waals surface area contributed by atoms with Crippen LogP contribution in [0.5, 0.6) is 11.6 Å². The highest BCUT2D eigenvalue weighted by Crippen LogP contribution is 2.23. The van der Waals surface area contributed by atoms with Crippen molar-refractivity contribution >= 4 is 11.4 Å². The lowest BCUT2D eigenvalue weighted by molar-refractivity contribution is 0.461. The van der Waals surface area contributed by atoms with E-state index in [0.717, 1.165) is 11.4 Å². The number of nitrogens with zero attached hydrogens (tertiary/aromatic N) is 4. The first-order valence-electron chi connectivity index (χ1n) is 6.01. The van der Waals surface area contributed by atoms with Gasteiger partial charge in [0.25, 0.3) is 5.88 Å². The van der Waals surface area contributed by atoms with E-state index in [1.807, 2.05) is 42.5 Å². The van der Waals surface area contributed by atoms with Crippen LogP contribution in [0.1, 0.15) is 0 Å². The quantitative estimate of drug-likeness (QED) is 0.724. The fourth-order valence-corrected chi connectivity index (χ4v) is 1.55. The number of ether oxygens (including phenoxy) is 1. The van der Waals surface area contributed by atoms with Gasteiger partial charge in [-0.3, -0.25) is 0 Å². The minimum atomic E-state index is 0.420. The Hall–Kier alpha value is -3.02. The van der Waals surface area contributed by atoms with Gasteiger partial charge in [-0.15, -0.1) is 5.10 Å². The third-order valence-corrected chi connectivity index (χ3v) is 2.49. The van der Waals surface area contributed by atoms with Crippen LogP contribution in [0.2, 0.25) is 0 Å². The van der Waals surface area contributed by atoms with Crippen LogP contribution in [0.25, 0.3) is 0 Å². The SMILES string of the molecule is c1ccc(N=Nc2ccc(Oc3cn[nH]n3)cc2)cc1. The number of benzene rings is 2. The van der Waals surface area contributed by atoms with Crippen LogP contribution in [0.3, 0.4) is 0 Å². The molecule has 0 bridgehead atoms. The monoisotopic (exact) mass is 265 g/mol. The molecule has 0 amide bonds. The van der Waals surface area contributed by atoms with Gasteiger partial charge in [0, 0.05) is 0 Å². The van der Waals surface area contributed by atoms with Gasteiger partial charge in [-0.05, 0) is 36.4 Å². The molecule has 1 aromatic heterocycles. The van der Waals surface area contributed by atoms with Crippen LogP contribution in [0, 0.1) is 0 Å². The van der Waals surface area contributed by atoms with Crippen LogP contribution in [-0.4, -0.2) is 15.4 Å². The van der Waals surface area contributed by atoms with Crippen LogP contribution >= 0.6 is 0 Å². The van der Waals surface area contributed by atoms with Crippen molar-refractivity contribution < 1.29 is 4.74 Å². The molecule has 6 heteroatoms. The predicted octanol–water partition coefficient (Wildman–Crippen LogP) is 4.01. The second-order valence-corrected chi connectivity index (χ2v) is 3.94. The molecule has 1 heterocycles. The Kier molecular flexibility index (Phi) is 3.46. The number of nitrogens with one attached hydrogen (secondary N) is 1. The summed E-state index contributed by atoms with van der Waals surface area (Å²) in [4.78, 5) is 0. The maximum atomic E-state index is 5.46. The van der Waals surface area contributed by atoms with Gasteiger partial charge >= 0.3 is 0 Å². The molecule has 0 saturated carbocycles. The zero-order chi connectivity index (χ0) is 13.6. The molecule has 3 rings (SSSR count). The molecule has 98 valence electrons. The minimum Gasteiger partial charge on any atom is -0.436 e. The fraction of sp³-hybridized carbons (Fsp3) is 0. The smallest absolute Gasteiger partial charge is 0.258 e. The maximum Gasteiger partial charge on any atom is 0.258 e. The second-order valence-electron chi connectivity index (χ2n) is 3.94. The Balaban J connectivity index is 1.68. The number of rotatable bonds is 4. The van der Waals surface area contributed by atoms with Crippen LogP contribution < -0.4 is 4.74 Å². The van der Waals surface area contributed by atoms with Crippen LogP contribution in [0.15, 0.2) is 71.0 Å². The summed E-state index contributed by atoms with van der Waals surface area (Å²) in [5.74, 6) is 1.08. The van der Waals surface area contributed by atoms with E-state index in [0.29, 0.717) is 11.6 Å². The van der Waals surface area contributed by atoms with Crippen molar-refractivity contribution in [1.29, 1.82) is 0 Å². The standard InChI is InChI=1S/C14H11N5O/c1-2-4-11(5-3-1)16-17-12-6-8-13(9-7-12)20-14-10-15-19-18-14/h1-10H,(H,15,18,19). The van der Waals surface area contributed by atoms with Crippen molar-refractivity contribution in [2.75, 3.05) is 0 Å². The highest BCUT2D eigenvalue weighted by Gasteiger charge is 1.99. The second kappa shape index (κ2) is 5.75. The number of azo groups is 1. The molecule has 0 aliphatic carbocycles. The highest BCUT2D eigenvalue weighted by molar-refractivity contribution is 5.43. The van der Waals surface area contributed by atoms with Gasteiger partial charge in [-0.25, -0.2) is 0 Å². The lowest BCUT2D eigenvalue weighted by Crippen LogP contribution is -1.83. The zero-order valence-electron chi connectivity index (χ0n) is 10.5. The molecule has 1 N–H and O–H groups in total. The van der Waals surface area contributed by atoms with Crippen molar-refractivity contribution in [3.63, 3.8) is 0 Å². The highest BCUT2D eigenvalue weighted by atomic mass is 16.5. The molecule has 0 unspecified atom stereocenters. The molecule has 0 aliphatic heterocycles. The van der Waals surface area contributed by atoms with E-state index >= 15 is 0 Å². The Bertz CT molecular complexity index is 677. The summed E-state index contributed by atoms with van der Waals surface area (Å²) in [6.07, 6.45) is 1.50. The Morgan fingerprint density at radius 2 is 1.55 bits per heavy atom.